The van der Waals surface area contributed by atoms with Crippen molar-refractivity contribution in [3.05, 3.63) is 70.8 Å². The van der Waals surface area contributed by atoms with Crippen LogP contribution in [0.4, 0.5) is 0 Å². The fourth-order valence-electron chi connectivity index (χ4n) is 2.32. The highest BCUT2D eigenvalue weighted by Crippen LogP contribution is 2.20. The Morgan fingerprint density at radius 1 is 1.14 bits per heavy atom. The van der Waals surface area contributed by atoms with E-state index in [1.807, 2.05) is 17.5 Å². The molecule has 0 fully saturated rings. The smallest absolute Gasteiger partial charge is 0.244 e. The maximum Gasteiger partial charge on any atom is 0.244 e. The quantitative estimate of drug-likeness (QED) is 0.578. The van der Waals surface area contributed by atoms with Gasteiger partial charge in [-0.2, -0.15) is 0 Å². The second-order valence-corrected chi connectivity index (χ2v) is 8.52. The molecule has 0 aliphatic carbocycles. The van der Waals surface area contributed by atoms with Crippen molar-refractivity contribution in [2.24, 2.45) is 0 Å². The Bertz CT molecular complexity index is 1080. The van der Waals surface area contributed by atoms with Gasteiger partial charge in [0, 0.05) is 29.4 Å². The fraction of sp³-hybridized carbons (Fsp3) is 0.105. The zero-order chi connectivity index (χ0) is 20.0. The van der Waals surface area contributed by atoms with Gasteiger partial charge in [-0.25, -0.2) is 18.1 Å². The van der Waals surface area contributed by atoms with Crippen LogP contribution in [0.15, 0.2) is 65.1 Å². The van der Waals surface area contributed by atoms with Crippen molar-refractivity contribution in [3.63, 3.8) is 0 Å². The van der Waals surface area contributed by atoms with Gasteiger partial charge in [0.05, 0.1) is 17.1 Å². The molecule has 7 nitrogen and oxygen atoms in total. The average molecular weight is 415 g/mol. The van der Waals surface area contributed by atoms with Gasteiger partial charge in [-0.05, 0) is 43.0 Å². The van der Waals surface area contributed by atoms with Crippen LogP contribution in [0.2, 0.25) is 0 Å². The number of hydrogen-bond acceptors (Lipinski definition) is 6. The van der Waals surface area contributed by atoms with Crippen LogP contribution < -0.4 is 10.0 Å². The molecule has 2 heterocycles. The van der Waals surface area contributed by atoms with Gasteiger partial charge in [-0.15, -0.1) is 11.3 Å². The van der Waals surface area contributed by atoms with Gasteiger partial charge in [-0.1, -0.05) is 12.1 Å². The standard InChI is InChI=1S/C19H18N4O3S2/c1-20-28(25,26)16-5-2-14(3-6-16)4-7-18(24)22-12-19-23-17(13-27-19)15-8-10-21-11-9-15/h2-11,13,20H,12H2,1H3,(H,22,24)/b7-4+. The monoisotopic (exact) mass is 414 g/mol. The molecule has 0 bridgehead atoms. The van der Waals surface area contributed by atoms with Gasteiger partial charge >= 0.3 is 0 Å². The first-order valence-electron chi connectivity index (χ1n) is 8.32. The van der Waals surface area contributed by atoms with Crippen LogP contribution in [0, 0.1) is 0 Å². The molecular formula is C19H18N4O3S2. The van der Waals surface area contributed by atoms with E-state index < -0.39 is 10.0 Å². The summed E-state index contributed by atoms with van der Waals surface area (Å²) in [7, 11) is -2.11. The molecule has 9 heteroatoms. The lowest BCUT2D eigenvalue weighted by molar-refractivity contribution is -0.116. The van der Waals surface area contributed by atoms with Gasteiger partial charge in [0.1, 0.15) is 5.01 Å². The predicted octanol–water partition coefficient (Wildman–Crippen LogP) is 2.44. The minimum absolute atomic E-state index is 0.172. The molecule has 0 saturated carbocycles. The molecule has 0 spiro atoms. The van der Waals surface area contributed by atoms with E-state index in [2.05, 4.69) is 20.0 Å². The number of rotatable bonds is 7. The van der Waals surface area contributed by atoms with Crippen LogP contribution in [-0.2, 0) is 21.4 Å². The van der Waals surface area contributed by atoms with Crippen LogP contribution in [0.3, 0.4) is 0 Å². The molecule has 144 valence electrons. The van der Waals surface area contributed by atoms with Crippen LogP contribution in [0.1, 0.15) is 10.6 Å². The van der Waals surface area contributed by atoms with E-state index in [0.717, 1.165) is 21.8 Å². The van der Waals surface area contributed by atoms with E-state index >= 15 is 0 Å². The molecule has 2 N–H and O–H groups in total. The highest BCUT2D eigenvalue weighted by molar-refractivity contribution is 7.89. The van der Waals surface area contributed by atoms with Crippen molar-refractivity contribution in [2.75, 3.05) is 7.05 Å². The van der Waals surface area contributed by atoms with E-state index in [9.17, 15) is 13.2 Å². The second-order valence-electron chi connectivity index (χ2n) is 5.69. The molecule has 0 aliphatic rings. The van der Waals surface area contributed by atoms with Crippen LogP contribution in [0.5, 0.6) is 0 Å². The largest absolute Gasteiger partial charge is 0.346 e. The molecule has 0 atom stereocenters. The number of nitrogens with one attached hydrogen (secondary N) is 2. The van der Waals surface area contributed by atoms with Crippen LogP contribution >= 0.6 is 11.3 Å². The topological polar surface area (TPSA) is 101 Å². The summed E-state index contributed by atoms with van der Waals surface area (Å²) < 4.78 is 25.6. The summed E-state index contributed by atoms with van der Waals surface area (Å²) in [5, 5.41) is 5.52. The van der Waals surface area contributed by atoms with Crippen molar-refractivity contribution in [3.8, 4) is 11.3 Å². The van der Waals surface area contributed by atoms with E-state index in [1.54, 1.807) is 30.6 Å². The number of carbonyl (C=O) groups excluding carboxylic acids is 1. The van der Waals surface area contributed by atoms with Crippen LogP contribution in [-0.4, -0.2) is 31.3 Å². The summed E-state index contributed by atoms with van der Waals surface area (Å²) in [5.74, 6) is -0.257. The Kier molecular flexibility index (Phi) is 6.30. The number of pyridine rings is 1. The molecule has 0 unspecified atom stereocenters. The number of aromatic nitrogens is 2. The minimum Gasteiger partial charge on any atom is -0.346 e. The zero-order valence-corrected chi connectivity index (χ0v) is 16.6. The third-order valence-electron chi connectivity index (χ3n) is 3.83. The van der Waals surface area contributed by atoms with Gasteiger partial charge < -0.3 is 5.32 Å². The maximum absolute atomic E-state index is 12.0. The average Bonchev–Trinajstić information content (AvgIpc) is 3.21. The summed E-state index contributed by atoms with van der Waals surface area (Å²) in [6, 6.07) is 10.0. The summed E-state index contributed by atoms with van der Waals surface area (Å²) in [5.41, 5.74) is 2.55. The molecular weight excluding hydrogens is 396 g/mol. The summed E-state index contributed by atoms with van der Waals surface area (Å²) in [4.78, 5) is 20.7. The number of thiazole rings is 1. The number of benzene rings is 1. The molecule has 3 rings (SSSR count). The molecule has 1 aromatic carbocycles. The van der Waals surface area contributed by atoms with E-state index in [0.29, 0.717) is 6.54 Å². The van der Waals surface area contributed by atoms with Gasteiger partial charge in [0.15, 0.2) is 0 Å². The van der Waals surface area contributed by atoms with Gasteiger partial charge in [0.25, 0.3) is 0 Å². The Balaban J connectivity index is 1.55. The SMILES string of the molecule is CNS(=O)(=O)c1ccc(/C=C/C(=O)NCc2nc(-c3ccncc3)cs2)cc1. The zero-order valence-electron chi connectivity index (χ0n) is 15.0. The van der Waals surface area contributed by atoms with Crippen LogP contribution in [0.25, 0.3) is 17.3 Å². The number of carbonyl (C=O) groups is 1. The Morgan fingerprint density at radius 2 is 1.86 bits per heavy atom. The first kappa shape index (κ1) is 19.9. The Morgan fingerprint density at radius 3 is 2.54 bits per heavy atom. The summed E-state index contributed by atoms with van der Waals surface area (Å²) >= 11 is 1.47. The van der Waals surface area contributed by atoms with Gasteiger partial charge in [0.2, 0.25) is 15.9 Å². The second kappa shape index (κ2) is 8.87. The Hall–Kier alpha value is -2.88. The molecule has 28 heavy (non-hydrogen) atoms. The maximum atomic E-state index is 12.0. The third kappa shape index (κ3) is 5.10. The summed E-state index contributed by atoms with van der Waals surface area (Å²) in [6.45, 7) is 0.332. The third-order valence-corrected chi connectivity index (χ3v) is 6.11. The molecule has 3 aromatic rings. The van der Waals surface area contributed by atoms with Crippen molar-refractivity contribution in [1.29, 1.82) is 0 Å². The number of sulfonamides is 1. The Labute approximate surface area is 167 Å². The first-order chi connectivity index (χ1) is 13.5. The van der Waals surface area contributed by atoms with E-state index in [1.165, 1.54) is 36.6 Å². The number of amides is 1. The number of hydrogen-bond donors (Lipinski definition) is 2. The fourth-order valence-corrected chi connectivity index (χ4v) is 3.79. The van der Waals surface area contributed by atoms with Crippen molar-refractivity contribution in [1.82, 2.24) is 20.0 Å². The lowest BCUT2D eigenvalue weighted by Crippen LogP contribution is -2.20. The van der Waals surface area contributed by atoms with Gasteiger partial charge in [-0.3, -0.25) is 9.78 Å². The normalized spacial score (nSPS) is 11.6. The molecule has 0 radical (unpaired) electrons. The van der Waals surface area contributed by atoms with Crippen molar-refractivity contribution >= 4 is 33.3 Å². The molecule has 0 aliphatic heterocycles. The number of nitrogens with zero attached hydrogens (tertiary/aromatic N) is 2. The highest BCUT2D eigenvalue weighted by atomic mass is 32.2. The molecule has 2 aromatic heterocycles. The minimum atomic E-state index is -3.47. The lowest BCUT2D eigenvalue weighted by Gasteiger charge is -2.02. The predicted molar refractivity (Wildman–Crippen MR) is 109 cm³/mol. The van der Waals surface area contributed by atoms with E-state index in [4.69, 9.17) is 0 Å². The molecule has 1 amide bonds. The molecule has 0 saturated heterocycles. The lowest BCUT2D eigenvalue weighted by atomic mass is 10.2. The highest BCUT2D eigenvalue weighted by Gasteiger charge is 2.10. The summed E-state index contributed by atoms with van der Waals surface area (Å²) in [6.07, 6.45) is 6.44. The van der Waals surface area contributed by atoms with E-state index in [-0.39, 0.29) is 10.8 Å². The van der Waals surface area contributed by atoms with Crippen molar-refractivity contribution < 1.29 is 13.2 Å². The van der Waals surface area contributed by atoms with Crippen molar-refractivity contribution in [2.45, 2.75) is 11.4 Å². The first-order valence-corrected chi connectivity index (χ1v) is 10.7.